The molecule has 0 radical (unpaired) electrons. The van der Waals surface area contributed by atoms with Crippen molar-refractivity contribution in [3.8, 4) is 11.4 Å². The summed E-state index contributed by atoms with van der Waals surface area (Å²) in [6.45, 7) is 4.03. The van der Waals surface area contributed by atoms with Gasteiger partial charge in [-0.2, -0.15) is 0 Å². The highest BCUT2D eigenvalue weighted by Crippen LogP contribution is 2.21. The minimum absolute atomic E-state index is 0.515. The number of aromatic nitrogens is 2. The lowest BCUT2D eigenvalue weighted by atomic mass is 10.1. The summed E-state index contributed by atoms with van der Waals surface area (Å²) in [7, 11) is 0. The Morgan fingerprint density at radius 2 is 2.12 bits per heavy atom. The highest BCUT2D eigenvalue weighted by atomic mass is 16.1. The first-order chi connectivity index (χ1) is 7.76. The van der Waals surface area contributed by atoms with E-state index >= 15 is 0 Å². The van der Waals surface area contributed by atoms with Crippen LogP contribution in [0, 0.1) is 6.92 Å². The van der Waals surface area contributed by atoms with E-state index in [0.29, 0.717) is 5.69 Å². The van der Waals surface area contributed by atoms with Gasteiger partial charge >= 0.3 is 0 Å². The van der Waals surface area contributed by atoms with Gasteiger partial charge in [-0.25, -0.2) is 4.98 Å². The zero-order valence-corrected chi connectivity index (χ0v) is 9.45. The van der Waals surface area contributed by atoms with Gasteiger partial charge in [0, 0.05) is 11.3 Å². The quantitative estimate of drug-likeness (QED) is 0.798. The van der Waals surface area contributed by atoms with Crippen LogP contribution in [0.2, 0.25) is 0 Å². The lowest BCUT2D eigenvalue weighted by Gasteiger charge is -2.00. The SMILES string of the molecule is CCc1[nH]c(-c2ccccc2C)nc1C=O. The molecule has 2 aromatic rings. The molecule has 3 heteroatoms. The molecule has 0 amide bonds. The number of rotatable bonds is 3. The summed E-state index contributed by atoms with van der Waals surface area (Å²) in [6, 6.07) is 7.99. The van der Waals surface area contributed by atoms with Crippen LogP contribution in [0.5, 0.6) is 0 Å². The number of benzene rings is 1. The molecule has 0 saturated heterocycles. The lowest BCUT2D eigenvalue weighted by molar-refractivity contribution is 0.111. The van der Waals surface area contributed by atoms with Crippen molar-refractivity contribution in [1.82, 2.24) is 9.97 Å². The fourth-order valence-electron chi connectivity index (χ4n) is 1.76. The first kappa shape index (κ1) is 10.6. The van der Waals surface area contributed by atoms with Gasteiger partial charge in [-0.1, -0.05) is 31.2 Å². The molecular weight excluding hydrogens is 200 g/mol. The molecule has 1 aromatic carbocycles. The van der Waals surface area contributed by atoms with Gasteiger partial charge in [-0.05, 0) is 18.9 Å². The van der Waals surface area contributed by atoms with Crippen molar-refractivity contribution in [2.24, 2.45) is 0 Å². The fourth-order valence-corrected chi connectivity index (χ4v) is 1.76. The van der Waals surface area contributed by atoms with E-state index in [1.54, 1.807) is 0 Å². The molecule has 1 heterocycles. The number of aromatic amines is 1. The highest BCUT2D eigenvalue weighted by Gasteiger charge is 2.10. The van der Waals surface area contributed by atoms with Crippen LogP contribution < -0.4 is 0 Å². The molecule has 0 unspecified atom stereocenters. The van der Waals surface area contributed by atoms with Crippen molar-refractivity contribution >= 4 is 6.29 Å². The van der Waals surface area contributed by atoms with E-state index in [4.69, 9.17) is 0 Å². The van der Waals surface area contributed by atoms with Crippen LogP contribution in [0.15, 0.2) is 24.3 Å². The maximum absolute atomic E-state index is 10.8. The molecule has 1 N–H and O–H groups in total. The number of hydrogen-bond donors (Lipinski definition) is 1. The highest BCUT2D eigenvalue weighted by molar-refractivity contribution is 5.76. The molecule has 0 saturated carbocycles. The van der Waals surface area contributed by atoms with Crippen LogP contribution >= 0.6 is 0 Å². The van der Waals surface area contributed by atoms with Crippen molar-refractivity contribution in [2.45, 2.75) is 20.3 Å². The van der Waals surface area contributed by atoms with Crippen molar-refractivity contribution in [2.75, 3.05) is 0 Å². The Labute approximate surface area is 94.5 Å². The standard InChI is InChI=1S/C13H14N2O/c1-3-11-12(8-16)15-13(14-11)10-7-5-4-6-9(10)2/h4-8H,3H2,1-2H3,(H,14,15). The van der Waals surface area contributed by atoms with Crippen LogP contribution in [0.1, 0.15) is 28.7 Å². The molecule has 0 fully saturated rings. The van der Waals surface area contributed by atoms with E-state index in [-0.39, 0.29) is 0 Å². The summed E-state index contributed by atoms with van der Waals surface area (Å²) in [5.41, 5.74) is 3.61. The monoisotopic (exact) mass is 214 g/mol. The second-order valence-corrected chi connectivity index (χ2v) is 3.74. The first-order valence-corrected chi connectivity index (χ1v) is 5.36. The molecule has 2 rings (SSSR count). The topological polar surface area (TPSA) is 45.8 Å². The van der Waals surface area contributed by atoms with Crippen molar-refractivity contribution in [3.05, 3.63) is 41.2 Å². The van der Waals surface area contributed by atoms with Gasteiger partial charge in [0.15, 0.2) is 6.29 Å². The molecule has 0 aliphatic rings. The van der Waals surface area contributed by atoms with E-state index < -0.39 is 0 Å². The summed E-state index contributed by atoms with van der Waals surface area (Å²) in [5, 5.41) is 0. The predicted octanol–water partition coefficient (Wildman–Crippen LogP) is 2.76. The number of aryl methyl sites for hydroxylation is 2. The van der Waals surface area contributed by atoms with E-state index in [1.807, 2.05) is 38.1 Å². The molecule has 0 atom stereocenters. The second kappa shape index (κ2) is 4.31. The van der Waals surface area contributed by atoms with E-state index in [2.05, 4.69) is 9.97 Å². The number of nitrogens with zero attached hydrogens (tertiary/aromatic N) is 1. The molecule has 1 aromatic heterocycles. The Morgan fingerprint density at radius 1 is 1.38 bits per heavy atom. The van der Waals surface area contributed by atoms with Gasteiger partial charge in [0.1, 0.15) is 11.5 Å². The second-order valence-electron chi connectivity index (χ2n) is 3.74. The average Bonchev–Trinajstić information content (AvgIpc) is 2.72. The number of imidazole rings is 1. The van der Waals surface area contributed by atoms with Crippen LogP contribution in [0.25, 0.3) is 11.4 Å². The van der Waals surface area contributed by atoms with Crippen LogP contribution in [0.3, 0.4) is 0 Å². The number of carbonyl (C=O) groups excluding carboxylic acids is 1. The molecule has 0 bridgehead atoms. The van der Waals surface area contributed by atoms with Crippen LogP contribution in [-0.2, 0) is 6.42 Å². The minimum atomic E-state index is 0.515. The Balaban J connectivity index is 2.53. The molecular formula is C13H14N2O. The minimum Gasteiger partial charge on any atom is -0.341 e. The lowest BCUT2D eigenvalue weighted by Crippen LogP contribution is -1.87. The Hall–Kier alpha value is -1.90. The van der Waals surface area contributed by atoms with Crippen molar-refractivity contribution in [3.63, 3.8) is 0 Å². The van der Waals surface area contributed by atoms with Crippen LogP contribution in [-0.4, -0.2) is 16.3 Å². The van der Waals surface area contributed by atoms with Gasteiger partial charge in [0.05, 0.1) is 0 Å². The summed E-state index contributed by atoms with van der Waals surface area (Å²) in [4.78, 5) is 18.3. The molecule has 16 heavy (non-hydrogen) atoms. The van der Waals surface area contributed by atoms with Gasteiger partial charge < -0.3 is 4.98 Å². The normalized spacial score (nSPS) is 10.4. The summed E-state index contributed by atoms with van der Waals surface area (Å²) in [6.07, 6.45) is 1.59. The Morgan fingerprint density at radius 3 is 2.69 bits per heavy atom. The van der Waals surface area contributed by atoms with Crippen molar-refractivity contribution in [1.29, 1.82) is 0 Å². The maximum Gasteiger partial charge on any atom is 0.170 e. The van der Waals surface area contributed by atoms with Gasteiger partial charge in [-0.3, -0.25) is 4.79 Å². The number of hydrogen-bond acceptors (Lipinski definition) is 2. The first-order valence-electron chi connectivity index (χ1n) is 5.36. The molecule has 0 spiro atoms. The van der Waals surface area contributed by atoms with Gasteiger partial charge in [0.2, 0.25) is 0 Å². The number of aldehydes is 1. The van der Waals surface area contributed by atoms with Crippen LogP contribution in [0.4, 0.5) is 0 Å². The molecule has 82 valence electrons. The zero-order chi connectivity index (χ0) is 11.5. The largest absolute Gasteiger partial charge is 0.341 e. The number of H-pyrrole nitrogens is 1. The number of nitrogens with one attached hydrogen (secondary N) is 1. The number of carbonyl (C=O) groups is 1. The van der Waals surface area contributed by atoms with Gasteiger partial charge in [0.25, 0.3) is 0 Å². The van der Waals surface area contributed by atoms with E-state index in [9.17, 15) is 4.79 Å². The Bertz CT molecular complexity index is 514. The average molecular weight is 214 g/mol. The predicted molar refractivity (Wildman–Crippen MR) is 63.5 cm³/mol. The molecule has 3 nitrogen and oxygen atoms in total. The summed E-state index contributed by atoms with van der Waals surface area (Å²) >= 11 is 0. The summed E-state index contributed by atoms with van der Waals surface area (Å²) in [5.74, 6) is 0.775. The maximum atomic E-state index is 10.8. The smallest absolute Gasteiger partial charge is 0.170 e. The van der Waals surface area contributed by atoms with E-state index in [0.717, 1.165) is 35.4 Å². The fraction of sp³-hybridized carbons (Fsp3) is 0.231. The van der Waals surface area contributed by atoms with E-state index in [1.165, 1.54) is 0 Å². The summed E-state index contributed by atoms with van der Waals surface area (Å²) < 4.78 is 0. The third-order valence-corrected chi connectivity index (χ3v) is 2.68. The van der Waals surface area contributed by atoms with Crippen molar-refractivity contribution < 1.29 is 4.79 Å². The third-order valence-electron chi connectivity index (χ3n) is 2.68. The molecule has 0 aliphatic heterocycles. The molecule has 0 aliphatic carbocycles. The Kier molecular flexibility index (Phi) is 2.86. The van der Waals surface area contributed by atoms with Gasteiger partial charge in [-0.15, -0.1) is 0 Å². The third kappa shape index (κ3) is 1.76. The zero-order valence-electron chi connectivity index (χ0n) is 9.45.